The monoisotopic (exact) mass is 434 g/mol. The van der Waals surface area contributed by atoms with Gasteiger partial charge in [-0.1, -0.05) is 6.07 Å². The summed E-state index contributed by atoms with van der Waals surface area (Å²) in [6.07, 6.45) is -10.8. The maximum absolute atomic E-state index is 13.3. The number of carbonyl (C=O) groups is 1. The number of nitrogens with one attached hydrogen (secondary N) is 1. The second-order valence-corrected chi connectivity index (χ2v) is 6.31. The third kappa shape index (κ3) is 4.36. The van der Waals surface area contributed by atoms with Crippen LogP contribution < -0.4 is 5.32 Å². The number of aromatic nitrogens is 3. The van der Waals surface area contributed by atoms with E-state index >= 15 is 0 Å². The van der Waals surface area contributed by atoms with Crippen LogP contribution in [0.1, 0.15) is 35.4 Å². The Balaban J connectivity index is 1.93. The summed E-state index contributed by atoms with van der Waals surface area (Å²) in [5.74, 6) is -0.846. The number of hydrogen-bond donors (Lipinski definition) is 1. The standard InChI is InChI=1S/C18H13F7N4O/c1-8-14-11(15(19)20)6-12(16(21)22)27-17(14)29(28-8)7-13(30)26-10-4-2-3-9(5-10)18(23,24)25/h2-6,15-16H,7H2,1H3,(H,26,30). The molecule has 30 heavy (non-hydrogen) atoms. The zero-order chi connectivity index (χ0) is 22.2. The van der Waals surface area contributed by atoms with Gasteiger partial charge in [-0.2, -0.15) is 18.3 Å². The SMILES string of the molecule is Cc1nn(CC(=O)Nc2cccc(C(F)(F)F)c2)c2nc(C(F)F)cc(C(F)F)c12. The van der Waals surface area contributed by atoms with E-state index in [0.29, 0.717) is 12.1 Å². The Kier molecular flexibility index (Phi) is 5.68. The van der Waals surface area contributed by atoms with E-state index in [1.165, 1.54) is 13.0 Å². The van der Waals surface area contributed by atoms with Crippen molar-refractivity contribution in [3.8, 4) is 0 Å². The number of alkyl halides is 7. The Morgan fingerprint density at radius 2 is 1.83 bits per heavy atom. The normalized spacial score (nSPS) is 12.2. The number of rotatable bonds is 5. The number of benzene rings is 1. The van der Waals surface area contributed by atoms with Gasteiger partial charge in [0, 0.05) is 11.3 Å². The van der Waals surface area contributed by atoms with Crippen molar-refractivity contribution in [3.05, 3.63) is 52.8 Å². The van der Waals surface area contributed by atoms with Gasteiger partial charge in [0.05, 0.1) is 16.6 Å². The maximum atomic E-state index is 13.3. The molecule has 3 rings (SSSR count). The molecule has 0 aliphatic heterocycles. The van der Waals surface area contributed by atoms with Gasteiger partial charge in [-0.05, 0) is 31.2 Å². The van der Waals surface area contributed by atoms with Gasteiger partial charge in [-0.3, -0.25) is 4.79 Å². The molecule has 1 N–H and O–H groups in total. The number of pyridine rings is 1. The number of anilines is 1. The molecule has 3 aromatic rings. The molecule has 0 saturated heterocycles. The topological polar surface area (TPSA) is 59.8 Å². The molecule has 0 spiro atoms. The zero-order valence-corrected chi connectivity index (χ0v) is 15.1. The number of amides is 1. The highest BCUT2D eigenvalue weighted by atomic mass is 19.4. The van der Waals surface area contributed by atoms with Crippen molar-refractivity contribution in [1.82, 2.24) is 14.8 Å². The fourth-order valence-corrected chi connectivity index (χ4v) is 2.91. The first-order chi connectivity index (χ1) is 14.0. The fourth-order valence-electron chi connectivity index (χ4n) is 2.91. The van der Waals surface area contributed by atoms with Crippen molar-refractivity contribution in [1.29, 1.82) is 0 Å². The third-order valence-corrected chi connectivity index (χ3v) is 4.15. The average Bonchev–Trinajstić information content (AvgIpc) is 2.95. The summed E-state index contributed by atoms with van der Waals surface area (Å²) in [4.78, 5) is 15.9. The van der Waals surface area contributed by atoms with Crippen LogP contribution in [0.15, 0.2) is 30.3 Å². The van der Waals surface area contributed by atoms with Crippen LogP contribution in [-0.2, 0) is 17.5 Å². The maximum Gasteiger partial charge on any atom is 0.416 e. The lowest BCUT2D eigenvalue weighted by atomic mass is 10.1. The third-order valence-electron chi connectivity index (χ3n) is 4.15. The van der Waals surface area contributed by atoms with Crippen molar-refractivity contribution in [2.24, 2.45) is 0 Å². The van der Waals surface area contributed by atoms with Gasteiger partial charge >= 0.3 is 6.18 Å². The van der Waals surface area contributed by atoms with Crippen LogP contribution in [0.3, 0.4) is 0 Å². The predicted molar refractivity (Wildman–Crippen MR) is 92.3 cm³/mol. The number of fused-ring (bicyclic) bond motifs is 1. The van der Waals surface area contributed by atoms with Crippen LogP contribution in [-0.4, -0.2) is 20.7 Å². The molecule has 12 heteroatoms. The van der Waals surface area contributed by atoms with Crippen molar-refractivity contribution in [3.63, 3.8) is 0 Å². The lowest BCUT2D eigenvalue weighted by Crippen LogP contribution is -2.20. The summed E-state index contributed by atoms with van der Waals surface area (Å²) < 4.78 is 92.0. The number of aryl methyl sites for hydroxylation is 1. The van der Waals surface area contributed by atoms with Gasteiger partial charge in [-0.15, -0.1) is 0 Å². The van der Waals surface area contributed by atoms with E-state index in [0.717, 1.165) is 16.8 Å². The molecule has 1 aromatic carbocycles. The van der Waals surface area contributed by atoms with Gasteiger partial charge in [0.15, 0.2) is 5.65 Å². The molecule has 0 atom stereocenters. The molecule has 5 nitrogen and oxygen atoms in total. The largest absolute Gasteiger partial charge is 0.416 e. The number of halogens is 7. The minimum absolute atomic E-state index is 0.0421. The Bertz CT molecular complexity index is 1090. The molecule has 0 fully saturated rings. The molecule has 0 saturated carbocycles. The minimum Gasteiger partial charge on any atom is -0.324 e. The predicted octanol–water partition coefficient (Wildman–Crippen LogP) is 5.27. The minimum atomic E-state index is -4.61. The van der Waals surface area contributed by atoms with Gasteiger partial charge < -0.3 is 5.32 Å². The van der Waals surface area contributed by atoms with E-state index in [1.807, 2.05) is 0 Å². The van der Waals surface area contributed by atoms with Gasteiger partial charge in [0.25, 0.3) is 12.9 Å². The smallest absolute Gasteiger partial charge is 0.324 e. The highest BCUT2D eigenvalue weighted by Gasteiger charge is 2.30. The van der Waals surface area contributed by atoms with E-state index in [4.69, 9.17) is 0 Å². The summed E-state index contributed by atoms with van der Waals surface area (Å²) in [5.41, 5.74) is -3.04. The molecular formula is C18H13F7N4O. The summed E-state index contributed by atoms with van der Waals surface area (Å²) in [5, 5.41) is 5.97. The molecule has 2 aromatic heterocycles. The lowest BCUT2D eigenvalue weighted by Gasteiger charge is -2.10. The van der Waals surface area contributed by atoms with Crippen molar-refractivity contribution >= 4 is 22.6 Å². The highest BCUT2D eigenvalue weighted by Crippen LogP contribution is 2.33. The second-order valence-electron chi connectivity index (χ2n) is 6.31. The van der Waals surface area contributed by atoms with E-state index < -0.39 is 48.3 Å². The van der Waals surface area contributed by atoms with Crippen LogP contribution in [0.4, 0.5) is 36.4 Å². The van der Waals surface area contributed by atoms with Crippen LogP contribution in [0.25, 0.3) is 11.0 Å². The van der Waals surface area contributed by atoms with Crippen LogP contribution in [0, 0.1) is 6.92 Å². The van der Waals surface area contributed by atoms with E-state index in [2.05, 4.69) is 15.4 Å². The van der Waals surface area contributed by atoms with E-state index in [-0.39, 0.29) is 22.4 Å². The first kappa shape index (κ1) is 21.5. The number of hydrogen-bond acceptors (Lipinski definition) is 3. The molecule has 0 unspecified atom stereocenters. The quantitative estimate of drug-likeness (QED) is 0.557. The Labute approximate surface area is 164 Å². The number of nitrogens with zero attached hydrogens (tertiary/aromatic N) is 3. The Hall–Kier alpha value is -3.18. The van der Waals surface area contributed by atoms with Gasteiger partial charge in [-0.25, -0.2) is 27.2 Å². The van der Waals surface area contributed by atoms with Crippen LogP contribution in [0.5, 0.6) is 0 Å². The first-order valence-corrected chi connectivity index (χ1v) is 8.38. The molecule has 1 amide bonds. The molecule has 0 aliphatic rings. The first-order valence-electron chi connectivity index (χ1n) is 8.38. The van der Waals surface area contributed by atoms with Crippen molar-refractivity contribution in [2.45, 2.75) is 32.5 Å². The van der Waals surface area contributed by atoms with Crippen LogP contribution in [0.2, 0.25) is 0 Å². The summed E-state index contributed by atoms with van der Waals surface area (Å²) >= 11 is 0. The van der Waals surface area contributed by atoms with Gasteiger partial charge in [0.2, 0.25) is 5.91 Å². The average molecular weight is 434 g/mol. The van der Waals surface area contributed by atoms with Gasteiger partial charge in [0.1, 0.15) is 12.2 Å². The highest BCUT2D eigenvalue weighted by molar-refractivity contribution is 5.92. The lowest BCUT2D eigenvalue weighted by molar-refractivity contribution is -0.137. The van der Waals surface area contributed by atoms with Crippen molar-refractivity contribution in [2.75, 3.05) is 5.32 Å². The fraction of sp³-hybridized carbons (Fsp3) is 0.278. The van der Waals surface area contributed by atoms with E-state index in [9.17, 15) is 35.5 Å². The Morgan fingerprint density at radius 1 is 1.13 bits per heavy atom. The van der Waals surface area contributed by atoms with Crippen LogP contribution >= 0.6 is 0 Å². The summed E-state index contributed by atoms with van der Waals surface area (Å²) in [6.45, 7) is 0.710. The van der Waals surface area contributed by atoms with E-state index in [1.54, 1.807) is 0 Å². The zero-order valence-electron chi connectivity index (χ0n) is 15.1. The molecule has 160 valence electrons. The molecule has 2 heterocycles. The second kappa shape index (κ2) is 7.92. The Morgan fingerprint density at radius 3 is 2.43 bits per heavy atom. The molecule has 0 bridgehead atoms. The molecular weight excluding hydrogens is 421 g/mol. The summed E-state index contributed by atoms with van der Waals surface area (Å²) in [6, 6.07) is 4.44. The molecule has 0 aliphatic carbocycles. The molecule has 0 radical (unpaired) electrons. The van der Waals surface area contributed by atoms with Crippen molar-refractivity contribution < 1.29 is 35.5 Å². The number of carbonyl (C=O) groups excluding carboxylic acids is 1. The summed E-state index contributed by atoms with van der Waals surface area (Å²) in [7, 11) is 0.